The summed E-state index contributed by atoms with van der Waals surface area (Å²) >= 11 is 14.3. The number of nitrogens with one attached hydrogen (secondary N) is 1. The number of halogens is 5. The van der Waals surface area contributed by atoms with E-state index in [0.29, 0.717) is 18.7 Å². The Balaban J connectivity index is 0.00000272. The molecule has 0 aliphatic heterocycles. The zero-order valence-corrected chi connectivity index (χ0v) is 24.0. The van der Waals surface area contributed by atoms with E-state index in [4.69, 9.17) is 5.41 Å². The quantitative estimate of drug-likeness (QED) is 0.224. The summed E-state index contributed by atoms with van der Waals surface area (Å²) in [5.74, 6) is 0. The Morgan fingerprint density at radius 3 is 1.26 bits per heavy atom. The molecule has 0 bridgehead atoms. The molecule has 0 unspecified atom stereocenters. The van der Waals surface area contributed by atoms with E-state index in [9.17, 15) is 0 Å². The lowest BCUT2D eigenvalue weighted by molar-refractivity contribution is 0.663. The number of nitrogens with zero attached hydrogens (tertiary/aromatic N) is 2. The van der Waals surface area contributed by atoms with Crippen LogP contribution in [0.15, 0.2) is 66.4 Å². The molecule has 0 atom stereocenters. The number of hydrogen-bond acceptors (Lipinski definition) is 1. The molecule has 162 valence electrons. The van der Waals surface area contributed by atoms with Crippen LogP contribution in [0.1, 0.15) is 22.3 Å². The van der Waals surface area contributed by atoms with Crippen molar-refractivity contribution < 1.29 is 0 Å². The Morgan fingerprint density at radius 2 is 0.935 bits per heavy atom. The minimum atomic E-state index is 0. The van der Waals surface area contributed by atoms with Crippen molar-refractivity contribution in [1.29, 1.82) is 5.41 Å². The molecule has 0 spiro atoms. The van der Waals surface area contributed by atoms with Gasteiger partial charge in [-0.3, -0.25) is 5.41 Å². The molecule has 0 amide bonds. The van der Waals surface area contributed by atoms with Gasteiger partial charge in [-0.2, -0.15) is 0 Å². The summed E-state index contributed by atoms with van der Waals surface area (Å²) in [6, 6.07) is 16.9. The first kappa shape index (κ1) is 24.8. The second-order valence-electron chi connectivity index (χ2n) is 7.48. The van der Waals surface area contributed by atoms with Gasteiger partial charge in [0.05, 0.1) is 24.1 Å². The molecule has 1 N–H and O–H groups in total. The molecule has 4 aromatic rings. The monoisotopic (exact) mass is 689 g/mol. The van der Waals surface area contributed by atoms with Crippen molar-refractivity contribution in [3.8, 4) is 0 Å². The predicted octanol–water partition coefficient (Wildman–Crippen LogP) is 8.11. The summed E-state index contributed by atoms with van der Waals surface area (Å²) < 4.78 is 8.26. The van der Waals surface area contributed by atoms with Gasteiger partial charge in [0.2, 0.25) is 5.62 Å². The highest BCUT2D eigenvalue weighted by Crippen LogP contribution is 2.25. The number of fused-ring (bicyclic) bond motifs is 1. The Kier molecular flexibility index (Phi) is 7.96. The molecule has 1 aromatic heterocycles. The van der Waals surface area contributed by atoms with E-state index in [-0.39, 0.29) is 12.4 Å². The van der Waals surface area contributed by atoms with Gasteiger partial charge in [0.15, 0.2) is 0 Å². The number of benzene rings is 3. The van der Waals surface area contributed by atoms with Gasteiger partial charge in [0.25, 0.3) is 0 Å². The SMILES string of the molecule is Cc1cc2c(cc1C)n(Cc1cc(Br)cc(Br)c1)c(=N)n2Cc1cc(Br)cc(Br)c1.Cl. The van der Waals surface area contributed by atoms with Crippen molar-refractivity contribution in [2.24, 2.45) is 0 Å². The van der Waals surface area contributed by atoms with Crippen LogP contribution in [0.3, 0.4) is 0 Å². The second-order valence-corrected chi connectivity index (χ2v) is 11.1. The number of aromatic nitrogens is 2. The van der Waals surface area contributed by atoms with Crippen LogP contribution in [0.25, 0.3) is 11.0 Å². The molecule has 0 saturated carbocycles. The number of rotatable bonds is 4. The van der Waals surface area contributed by atoms with E-state index >= 15 is 0 Å². The van der Waals surface area contributed by atoms with Crippen LogP contribution in [0.4, 0.5) is 0 Å². The zero-order valence-electron chi connectivity index (χ0n) is 16.8. The van der Waals surface area contributed by atoms with Crippen molar-refractivity contribution in [2.45, 2.75) is 26.9 Å². The predicted molar refractivity (Wildman–Crippen MR) is 144 cm³/mol. The highest BCUT2D eigenvalue weighted by Gasteiger charge is 2.14. The van der Waals surface area contributed by atoms with Gasteiger partial charge in [-0.15, -0.1) is 12.4 Å². The van der Waals surface area contributed by atoms with Gasteiger partial charge in [-0.05, 0) is 84.6 Å². The summed E-state index contributed by atoms with van der Waals surface area (Å²) in [5.41, 5.74) is 7.38. The van der Waals surface area contributed by atoms with Crippen LogP contribution >= 0.6 is 76.1 Å². The average Bonchev–Trinajstić information content (AvgIpc) is 2.86. The molecule has 0 saturated heterocycles. The Hall–Kier alpha value is -0.860. The van der Waals surface area contributed by atoms with Crippen molar-refractivity contribution in [2.75, 3.05) is 0 Å². The minimum Gasteiger partial charge on any atom is -0.306 e. The molecule has 0 aliphatic carbocycles. The van der Waals surface area contributed by atoms with Crippen molar-refractivity contribution in [3.63, 3.8) is 0 Å². The highest BCUT2D eigenvalue weighted by atomic mass is 79.9. The molecule has 3 nitrogen and oxygen atoms in total. The third-order valence-electron chi connectivity index (χ3n) is 5.21. The lowest BCUT2D eigenvalue weighted by atomic mass is 10.1. The normalized spacial score (nSPS) is 11.0. The minimum absolute atomic E-state index is 0. The molecule has 31 heavy (non-hydrogen) atoms. The molecular formula is C23H20Br4ClN3. The number of aryl methyl sites for hydroxylation is 2. The molecule has 1 heterocycles. The molecule has 0 fully saturated rings. The van der Waals surface area contributed by atoms with Crippen LogP contribution in [0.2, 0.25) is 0 Å². The maximum absolute atomic E-state index is 9.01. The summed E-state index contributed by atoms with van der Waals surface area (Å²) in [6.07, 6.45) is 0. The average molecular weight is 694 g/mol. The fraction of sp³-hybridized carbons (Fsp3) is 0.174. The van der Waals surface area contributed by atoms with Crippen LogP contribution in [0.5, 0.6) is 0 Å². The maximum atomic E-state index is 9.01. The van der Waals surface area contributed by atoms with E-state index in [2.05, 4.69) is 123 Å². The van der Waals surface area contributed by atoms with Gasteiger partial charge in [-0.25, -0.2) is 0 Å². The van der Waals surface area contributed by atoms with Gasteiger partial charge in [-0.1, -0.05) is 63.7 Å². The number of imidazole rings is 1. The first-order valence-electron chi connectivity index (χ1n) is 9.36. The molecule has 0 radical (unpaired) electrons. The highest BCUT2D eigenvalue weighted by molar-refractivity contribution is 9.11. The van der Waals surface area contributed by atoms with Crippen LogP contribution < -0.4 is 5.62 Å². The molecular weight excluding hydrogens is 673 g/mol. The van der Waals surface area contributed by atoms with Gasteiger partial charge >= 0.3 is 0 Å². The van der Waals surface area contributed by atoms with Gasteiger partial charge in [0.1, 0.15) is 0 Å². The van der Waals surface area contributed by atoms with E-state index in [0.717, 1.165) is 40.1 Å². The van der Waals surface area contributed by atoms with Gasteiger partial charge < -0.3 is 9.13 Å². The van der Waals surface area contributed by atoms with E-state index in [1.807, 2.05) is 12.1 Å². The number of hydrogen-bond donors (Lipinski definition) is 1. The Morgan fingerprint density at radius 1 is 0.613 bits per heavy atom. The second kappa shape index (κ2) is 9.96. The van der Waals surface area contributed by atoms with Gasteiger partial charge in [0, 0.05) is 17.9 Å². The maximum Gasteiger partial charge on any atom is 0.203 e. The Labute approximate surface area is 221 Å². The smallest absolute Gasteiger partial charge is 0.203 e. The van der Waals surface area contributed by atoms with Crippen LogP contribution in [-0.2, 0) is 13.1 Å². The van der Waals surface area contributed by atoms with Crippen LogP contribution in [0, 0.1) is 19.3 Å². The van der Waals surface area contributed by atoms with E-state index in [1.54, 1.807) is 0 Å². The largest absolute Gasteiger partial charge is 0.306 e. The fourth-order valence-corrected chi connectivity index (χ4v) is 6.46. The zero-order chi connectivity index (χ0) is 21.6. The third-order valence-corrected chi connectivity index (χ3v) is 7.04. The standard InChI is InChI=1S/C23H19Br4N3.ClH/c1-13-3-21-22(4-14(13)2)30(12-16-7-19(26)10-20(27)8-16)23(28)29(21)11-15-5-17(24)9-18(25)6-15;/h3-10,28H,11-12H2,1-2H3;1H. The summed E-state index contributed by atoms with van der Waals surface area (Å²) in [7, 11) is 0. The van der Waals surface area contributed by atoms with Crippen molar-refractivity contribution in [1.82, 2.24) is 9.13 Å². The summed E-state index contributed by atoms with van der Waals surface area (Å²) in [6.45, 7) is 5.51. The van der Waals surface area contributed by atoms with Crippen molar-refractivity contribution in [3.05, 3.63) is 94.3 Å². The molecule has 4 rings (SSSR count). The lowest BCUT2D eigenvalue weighted by Gasteiger charge is -2.08. The lowest BCUT2D eigenvalue weighted by Crippen LogP contribution is -2.25. The van der Waals surface area contributed by atoms with Crippen molar-refractivity contribution >= 4 is 87.2 Å². The summed E-state index contributed by atoms with van der Waals surface area (Å²) in [4.78, 5) is 0. The summed E-state index contributed by atoms with van der Waals surface area (Å²) in [5, 5.41) is 9.01. The van der Waals surface area contributed by atoms with E-state index < -0.39 is 0 Å². The first-order valence-corrected chi connectivity index (χ1v) is 12.5. The molecule has 3 aromatic carbocycles. The Bertz CT molecular complexity index is 1200. The molecule has 8 heteroatoms. The first-order chi connectivity index (χ1) is 14.2. The van der Waals surface area contributed by atoms with E-state index in [1.165, 1.54) is 11.1 Å². The fourth-order valence-electron chi connectivity index (χ4n) is 3.68. The molecule has 0 aliphatic rings. The van der Waals surface area contributed by atoms with Crippen LogP contribution in [-0.4, -0.2) is 9.13 Å². The third kappa shape index (κ3) is 5.38. The topological polar surface area (TPSA) is 33.7 Å².